The molecule has 0 aromatic heterocycles. The summed E-state index contributed by atoms with van der Waals surface area (Å²) in [7, 11) is 0. The molecule has 1 aliphatic carbocycles. The summed E-state index contributed by atoms with van der Waals surface area (Å²) in [5.74, 6) is -0.178. The lowest BCUT2D eigenvalue weighted by molar-refractivity contribution is -0.111. The number of fused-ring (bicyclic) bond motifs is 1. The summed E-state index contributed by atoms with van der Waals surface area (Å²) in [6.07, 6.45) is 5.31. The molecular formula is C11H9NO. The quantitative estimate of drug-likeness (QED) is 0.690. The van der Waals surface area contributed by atoms with Gasteiger partial charge in [0.25, 0.3) is 0 Å². The summed E-state index contributed by atoms with van der Waals surface area (Å²) in [6.45, 7) is 3.38. The predicted molar refractivity (Wildman–Crippen MR) is 54.2 cm³/mol. The smallest absolute Gasteiger partial charge is 0.247 e. The number of hydrogen-bond donors (Lipinski definition) is 1. The Labute approximate surface area is 76.6 Å². The first-order valence-electron chi connectivity index (χ1n) is 4.05. The second-order valence-corrected chi connectivity index (χ2v) is 2.87. The second kappa shape index (κ2) is 2.90. The first-order chi connectivity index (χ1) is 6.29. The van der Waals surface area contributed by atoms with Crippen molar-refractivity contribution in [2.45, 2.75) is 0 Å². The summed E-state index contributed by atoms with van der Waals surface area (Å²) in [5, 5.41) is 2.70. The molecule has 1 N–H and O–H groups in total. The third kappa shape index (κ3) is 1.38. The molecule has 1 amide bonds. The second-order valence-electron chi connectivity index (χ2n) is 2.87. The van der Waals surface area contributed by atoms with Crippen LogP contribution in [-0.4, -0.2) is 5.91 Å². The largest absolute Gasteiger partial charge is 0.323 e. The average Bonchev–Trinajstić information content (AvgIpc) is 2.10. The molecule has 0 heterocycles. The van der Waals surface area contributed by atoms with Gasteiger partial charge in [-0.1, -0.05) is 24.8 Å². The Kier molecular flexibility index (Phi) is 1.74. The van der Waals surface area contributed by atoms with Gasteiger partial charge in [0.2, 0.25) is 5.91 Å². The zero-order valence-electron chi connectivity index (χ0n) is 7.08. The summed E-state index contributed by atoms with van der Waals surface area (Å²) in [4.78, 5) is 10.9. The molecule has 2 heteroatoms. The molecule has 0 aliphatic heterocycles. The van der Waals surface area contributed by atoms with Crippen molar-refractivity contribution in [2.24, 2.45) is 0 Å². The minimum atomic E-state index is -0.178. The van der Waals surface area contributed by atoms with Crippen molar-refractivity contribution in [1.82, 2.24) is 0 Å². The number of hydrogen-bond acceptors (Lipinski definition) is 1. The fraction of sp³-hybridized carbons (Fsp3) is 0. The molecule has 1 aromatic carbocycles. The number of benzene rings is 1. The van der Waals surface area contributed by atoms with Crippen molar-refractivity contribution in [3.05, 3.63) is 42.0 Å². The molecule has 2 nitrogen and oxygen atoms in total. The first kappa shape index (κ1) is 7.80. The molecule has 0 atom stereocenters. The average molecular weight is 171 g/mol. The number of carbonyl (C=O) groups is 1. The highest BCUT2D eigenvalue weighted by atomic mass is 16.1. The molecular weight excluding hydrogens is 162 g/mol. The van der Waals surface area contributed by atoms with E-state index in [1.54, 1.807) is 0 Å². The Bertz CT molecular complexity index is 405. The van der Waals surface area contributed by atoms with Gasteiger partial charge in [-0.05, 0) is 29.3 Å². The topological polar surface area (TPSA) is 29.1 Å². The molecule has 13 heavy (non-hydrogen) atoms. The van der Waals surface area contributed by atoms with Crippen molar-refractivity contribution in [3.8, 4) is 0 Å². The summed E-state index contributed by atoms with van der Waals surface area (Å²) in [6, 6.07) is 5.80. The van der Waals surface area contributed by atoms with E-state index in [9.17, 15) is 4.79 Å². The van der Waals surface area contributed by atoms with E-state index in [0.717, 1.165) is 5.69 Å². The highest BCUT2D eigenvalue weighted by Gasteiger charge is 2.06. The van der Waals surface area contributed by atoms with Gasteiger partial charge < -0.3 is 5.32 Å². The van der Waals surface area contributed by atoms with Crippen LogP contribution in [0.1, 0.15) is 11.1 Å². The van der Waals surface area contributed by atoms with Crippen LogP contribution in [0.3, 0.4) is 0 Å². The van der Waals surface area contributed by atoms with E-state index >= 15 is 0 Å². The number of rotatable bonds is 2. The van der Waals surface area contributed by atoms with Gasteiger partial charge in [0.15, 0.2) is 0 Å². The maximum atomic E-state index is 10.9. The van der Waals surface area contributed by atoms with E-state index in [4.69, 9.17) is 0 Å². The van der Waals surface area contributed by atoms with Crippen LogP contribution in [-0.2, 0) is 4.79 Å². The third-order valence-corrected chi connectivity index (χ3v) is 1.98. The van der Waals surface area contributed by atoms with Crippen LogP contribution in [0.2, 0.25) is 0 Å². The van der Waals surface area contributed by atoms with Crippen LogP contribution >= 0.6 is 0 Å². The Morgan fingerprint density at radius 2 is 2.08 bits per heavy atom. The zero-order valence-corrected chi connectivity index (χ0v) is 7.08. The standard InChI is InChI=1S/C11H9NO/c1-2-11(13)12-10-6-5-8-3-4-9(8)7-10/h2-7H,1H2,(H,12,13). The van der Waals surface area contributed by atoms with Gasteiger partial charge in [-0.15, -0.1) is 0 Å². The van der Waals surface area contributed by atoms with Gasteiger partial charge in [-0.2, -0.15) is 0 Å². The van der Waals surface area contributed by atoms with E-state index in [2.05, 4.69) is 11.9 Å². The van der Waals surface area contributed by atoms with Crippen LogP contribution < -0.4 is 5.32 Å². The lowest BCUT2D eigenvalue weighted by Gasteiger charge is -2.11. The predicted octanol–water partition coefficient (Wildman–Crippen LogP) is 2.29. The molecule has 1 aromatic rings. The van der Waals surface area contributed by atoms with Gasteiger partial charge in [-0.3, -0.25) is 4.79 Å². The van der Waals surface area contributed by atoms with Gasteiger partial charge in [0.1, 0.15) is 0 Å². The number of nitrogens with one attached hydrogen (secondary N) is 1. The van der Waals surface area contributed by atoms with E-state index in [1.807, 2.05) is 30.4 Å². The van der Waals surface area contributed by atoms with Crippen LogP contribution in [0.15, 0.2) is 30.9 Å². The first-order valence-corrected chi connectivity index (χ1v) is 4.05. The van der Waals surface area contributed by atoms with Crippen molar-refractivity contribution in [1.29, 1.82) is 0 Å². The van der Waals surface area contributed by atoms with Crippen molar-refractivity contribution in [2.75, 3.05) is 5.32 Å². The van der Waals surface area contributed by atoms with Crippen molar-refractivity contribution >= 4 is 23.7 Å². The lowest BCUT2D eigenvalue weighted by atomic mass is 9.97. The minimum Gasteiger partial charge on any atom is -0.323 e. The van der Waals surface area contributed by atoms with Gasteiger partial charge >= 0.3 is 0 Å². The van der Waals surface area contributed by atoms with E-state index < -0.39 is 0 Å². The fourth-order valence-electron chi connectivity index (χ4n) is 1.23. The molecule has 2 rings (SSSR count). The number of carbonyl (C=O) groups excluding carboxylic acids is 1. The maximum Gasteiger partial charge on any atom is 0.247 e. The van der Waals surface area contributed by atoms with Gasteiger partial charge in [-0.25, -0.2) is 0 Å². The Morgan fingerprint density at radius 1 is 1.31 bits per heavy atom. The number of anilines is 1. The SMILES string of the molecule is C=CC(=O)Nc1ccc2c(c1)C=C2. The lowest BCUT2D eigenvalue weighted by Crippen LogP contribution is -2.07. The minimum absolute atomic E-state index is 0.178. The van der Waals surface area contributed by atoms with E-state index in [0.29, 0.717) is 0 Å². The highest BCUT2D eigenvalue weighted by Crippen LogP contribution is 2.26. The Balaban J connectivity index is 2.20. The molecule has 0 fully saturated rings. The normalized spacial score (nSPS) is 11.4. The van der Waals surface area contributed by atoms with Crippen molar-refractivity contribution in [3.63, 3.8) is 0 Å². The van der Waals surface area contributed by atoms with Crippen LogP contribution in [0.5, 0.6) is 0 Å². The molecule has 0 saturated carbocycles. The number of amides is 1. The Hall–Kier alpha value is -1.83. The molecule has 0 saturated heterocycles. The molecule has 0 bridgehead atoms. The van der Waals surface area contributed by atoms with E-state index in [1.165, 1.54) is 17.2 Å². The van der Waals surface area contributed by atoms with Crippen LogP contribution in [0.25, 0.3) is 12.2 Å². The van der Waals surface area contributed by atoms with Crippen LogP contribution in [0.4, 0.5) is 5.69 Å². The van der Waals surface area contributed by atoms with E-state index in [-0.39, 0.29) is 5.91 Å². The summed E-state index contributed by atoms with van der Waals surface area (Å²) < 4.78 is 0. The monoisotopic (exact) mass is 171 g/mol. The maximum absolute atomic E-state index is 10.9. The zero-order chi connectivity index (χ0) is 9.26. The molecule has 0 unspecified atom stereocenters. The van der Waals surface area contributed by atoms with Crippen molar-refractivity contribution < 1.29 is 4.79 Å². The summed E-state index contributed by atoms with van der Waals surface area (Å²) >= 11 is 0. The fourth-order valence-corrected chi connectivity index (χ4v) is 1.23. The van der Waals surface area contributed by atoms with Gasteiger partial charge in [0.05, 0.1) is 0 Å². The molecule has 64 valence electrons. The van der Waals surface area contributed by atoms with Gasteiger partial charge in [0, 0.05) is 5.69 Å². The summed E-state index contributed by atoms with van der Waals surface area (Å²) in [5.41, 5.74) is 3.20. The van der Waals surface area contributed by atoms with Crippen LogP contribution in [0, 0.1) is 0 Å². The molecule has 1 aliphatic rings. The highest BCUT2D eigenvalue weighted by molar-refractivity contribution is 5.99. The molecule has 0 radical (unpaired) electrons. The molecule has 0 spiro atoms. The third-order valence-electron chi connectivity index (χ3n) is 1.98. The Morgan fingerprint density at radius 3 is 2.62 bits per heavy atom.